The largest absolute Gasteiger partial charge is 0.379 e. The van der Waals surface area contributed by atoms with Crippen LogP contribution in [0.3, 0.4) is 0 Å². The number of hydrogen-bond donors (Lipinski definition) is 0. The first kappa shape index (κ1) is 17.8. The van der Waals surface area contributed by atoms with E-state index in [1.807, 2.05) is 0 Å². The third-order valence-electron chi connectivity index (χ3n) is 5.06. The molecule has 1 heterocycles. The van der Waals surface area contributed by atoms with E-state index in [-0.39, 0.29) is 0 Å². The summed E-state index contributed by atoms with van der Waals surface area (Å²) in [7, 11) is -2.79. The van der Waals surface area contributed by atoms with E-state index in [2.05, 4.69) is 84.7 Å². The number of nitrogens with zero attached hydrogens (tertiary/aromatic N) is 1. The highest BCUT2D eigenvalue weighted by Crippen LogP contribution is 2.42. The van der Waals surface area contributed by atoms with Gasteiger partial charge in [0.2, 0.25) is 0 Å². The maximum atomic E-state index is 2.70. The monoisotopic (exact) mass is 309 g/mol. The molecule has 0 bridgehead atoms. The van der Waals surface area contributed by atoms with Gasteiger partial charge >= 0.3 is 0 Å². The highest BCUT2D eigenvalue weighted by atomic mass is 28.3. The summed E-state index contributed by atoms with van der Waals surface area (Å²) < 4.78 is 2.70. The first-order valence-corrected chi connectivity index (χ1v) is 13.8. The van der Waals surface area contributed by atoms with Crippen molar-refractivity contribution < 1.29 is 0 Å². The first-order valence-electron chi connectivity index (χ1n) is 8.15. The molecular weight excluding hydrogens is 274 g/mol. The molecule has 0 N–H and O–H groups in total. The Bertz CT molecular complexity index is 428. The Balaban J connectivity index is 3.52. The fraction of sp³-hybridized carbons (Fsp3) is 0.765. The van der Waals surface area contributed by atoms with Gasteiger partial charge in [-0.05, 0) is 46.7 Å². The smallest absolute Gasteiger partial charge is 0.168 e. The molecule has 0 aromatic carbocycles. The molecule has 1 aromatic rings. The molecule has 116 valence electrons. The van der Waals surface area contributed by atoms with Crippen LogP contribution in [-0.4, -0.2) is 20.5 Å². The molecule has 1 nitrogen and oxygen atoms in total. The van der Waals surface area contributed by atoms with Crippen LogP contribution in [0, 0.1) is 6.92 Å². The highest BCUT2D eigenvalue weighted by Gasteiger charge is 2.45. The molecule has 0 radical (unpaired) electrons. The lowest BCUT2D eigenvalue weighted by molar-refractivity contribution is 0.765. The van der Waals surface area contributed by atoms with Gasteiger partial charge in [0.25, 0.3) is 0 Å². The van der Waals surface area contributed by atoms with Crippen molar-refractivity contribution >= 4 is 21.5 Å². The molecule has 0 unspecified atom stereocenters. The number of aryl methyl sites for hydroxylation is 1. The van der Waals surface area contributed by atoms with Crippen LogP contribution < -0.4 is 5.19 Å². The zero-order valence-corrected chi connectivity index (χ0v) is 17.3. The molecule has 0 fully saturated rings. The van der Waals surface area contributed by atoms with Crippen molar-refractivity contribution in [3.63, 3.8) is 0 Å². The SMILES string of the molecule is Cc1cn([Si](C(C)C)(C(C)C)C(C)C)cc1[Si](C)(C)C. The van der Waals surface area contributed by atoms with E-state index in [1.165, 1.54) is 5.56 Å². The van der Waals surface area contributed by atoms with E-state index >= 15 is 0 Å². The molecule has 1 rings (SSSR count). The fourth-order valence-corrected chi connectivity index (χ4v) is 12.9. The Labute approximate surface area is 128 Å². The summed E-state index contributed by atoms with van der Waals surface area (Å²) in [5, 5.41) is 1.65. The molecule has 0 spiro atoms. The van der Waals surface area contributed by atoms with Crippen LogP contribution in [0.15, 0.2) is 12.4 Å². The minimum atomic E-state index is -1.55. The van der Waals surface area contributed by atoms with Gasteiger partial charge in [0.05, 0.1) is 8.07 Å². The summed E-state index contributed by atoms with van der Waals surface area (Å²) in [6, 6.07) is 0. The molecular formula is C17H35NSi2. The minimum absolute atomic E-state index is 0.767. The molecule has 0 aliphatic rings. The van der Waals surface area contributed by atoms with Crippen molar-refractivity contribution in [1.29, 1.82) is 0 Å². The summed E-state index contributed by atoms with van der Waals surface area (Å²) in [6.45, 7) is 24.3. The van der Waals surface area contributed by atoms with Gasteiger partial charge in [-0.3, -0.25) is 0 Å². The Morgan fingerprint density at radius 3 is 1.45 bits per heavy atom. The van der Waals surface area contributed by atoms with Crippen molar-refractivity contribution in [2.75, 3.05) is 0 Å². The summed E-state index contributed by atoms with van der Waals surface area (Å²) in [5.41, 5.74) is 3.82. The molecule has 1 aromatic heterocycles. The average molecular weight is 310 g/mol. The van der Waals surface area contributed by atoms with Crippen LogP contribution in [0.5, 0.6) is 0 Å². The molecule has 3 heteroatoms. The van der Waals surface area contributed by atoms with Crippen molar-refractivity contribution in [3.05, 3.63) is 18.0 Å². The summed E-state index contributed by atoms with van der Waals surface area (Å²) in [4.78, 5) is 0. The molecule has 0 aliphatic heterocycles. The molecule has 0 amide bonds. The Hall–Kier alpha value is -0.286. The lowest BCUT2D eigenvalue weighted by Gasteiger charge is -2.44. The Morgan fingerprint density at radius 1 is 0.800 bits per heavy atom. The van der Waals surface area contributed by atoms with Gasteiger partial charge in [0.1, 0.15) is 0 Å². The average Bonchev–Trinajstić information content (AvgIpc) is 2.58. The maximum Gasteiger partial charge on any atom is 0.168 e. The maximum absolute atomic E-state index is 2.70. The van der Waals surface area contributed by atoms with Gasteiger partial charge in [-0.2, -0.15) is 0 Å². The first-order chi connectivity index (χ1) is 8.95. The van der Waals surface area contributed by atoms with Crippen LogP contribution >= 0.6 is 0 Å². The van der Waals surface area contributed by atoms with Gasteiger partial charge in [0, 0.05) is 0 Å². The highest BCUT2D eigenvalue weighted by molar-refractivity contribution is 6.89. The molecule has 0 saturated heterocycles. The zero-order valence-electron chi connectivity index (χ0n) is 15.3. The third-order valence-corrected chi connectivity index (χ3v) is 13.9. The topological polar surface area (TPSA) is 4.93 Å². The second-order valence-corrected chi connectivity index (χ2v) is 19.2. The van der Waals surface area contributed by atoms with Gasteiger partial charge in [-0.25, -0.2) is 0 Å². The quantitative estimate of drug-likeness (QED) is 0.645. The van der Waals surface area contributed by atoms with Crippen LogP contribution in [0.4, 0.5) is 0 Å². The Morgan fingerprint density at radius 2 is 1.20 bits per heavy atom. The number of aromatic nitrogens is 1. The van der Waals surface area contributed by atoms with Gasteiger partial charge in [-0.15, -0.1) is 0 Å². The predicted molar refractivity (Wildman–Crippen MR) is 98.6 cm³/mol. The molecule has 0 aliphatic carbocycles. The van der Waals surface area contributed by atoms with Gasteiger partial charge in [-0.1, -0.05) is 61.2 Å². The lowest BCUT2D eigenvalue weighted by atomic mass is 10.4. The lowest BCUT2D eigenvalue weighted by Crippen LogP contribution is -2.52. The molecule has 20 heavy (non-hydrogen) atoms. The van der Waals surface area contributed by atoms with E-state index in [0.29, 0.717) is 0 Å². The number of rotatable bonds is 5. The summed E-state index contributed by atoms with van der Waals surface area (Å²) >= 11 is 0. The van der Waals surface area contributed by atoms with E-state index in [0.717, 1.165) is 16.6 Å². The summed E-state index contributed by atoms with van der Waals surface area (Å²) in [5.74, 6) is 0. The normalized spacial score (nSPS) is 13.8. The van der Waals surface area contributed by atoms with E-state index in [1.54, 1.807) is 5.19 Å². The minimum Gasteiger partial charge on any atom is -0.379 e. The van der Waals surface area contributed by atoms with E-state index in [9.17, 15) is 0 Å². The van der Waals surface area contributed by atoms with Crippen molar-refractivity contribution in [2.24, 2.45) is 0 Å². The standard InChI is InChI=1S/C17H35NSi2/c1-13(2)20(14(3)4,15(5)6)18-11-16(7)17(12-18)19(8,9)10/h11-15H,1-10H3. The fourth-order valence-electron chi connectivity index (χ4n) is 4.46. The third kappa shape index (κ3) is 2.84. The zero-order chi connectivity index (χ0) is 15.9. The van der Waals surface area contributed by atoms with E-state index < -0.39 is 16.3 Å². The number of hydrogen-bond acceptors (Lipinski definition) is 0. The molecule has 0 atom stereocenters. The Kier molecular flexibility index (Phi) is 5.19. The van der Waals surface area contributed by atoms with Crippen LogP contribution in [0.25, 0.3) is 0 Å². The van der Waals surface area contributed by atoms with E-state index in [4.69, 9.17) is 0 Å². The second kappa shape index (κ2) is 5.84. The molecule has 0 saturated carbocycles. The summed E-state index contributed by atoms with van der Waals surface area (Å²) in [6.07, 6.45) is 5.01. The van der Waals surface area contributed by atoms with Crippen LogP contribution in [-0.2, 0) is 0 Å². The van der Waals surface area contributed by atoms with Crippen molar-refractivity contribution in [1.82, 2.24) is 4.23 Å². The van der Waals surface area contributed by atoms with Crippen molar-refractivity contribution in [2.45, 2.75) is 84.7 Å². The van der Waals surface area contributed by atoms with Crippen molar-refractivity contribution in [3.8, 4) is 0 Å². The predicted octanol–water partition coefficient (Wildman–Crippen LogP) is 5.37. The van der Waals surface area contributed by atoms with Gasteiger partial charge in [0.15, 0.2) is 8.24 Å². The van der Waals surface area contributed by atoms with Gasteiger partial charge < -0.3 is 4.23 Å². The second-order valence-electron chi connectivity index (χ2n) is 8.36. The van der Waals surface area contributed by atoms with Crippen LogP contribution in [0.1, 0.15) is 47.1 Å². The van der Waals surface area contributed by atoms with Crippen LogP contribution in [0.2, 0.25) is 36.3 Å².